The van der Waals surface area contributed by atoms with E-state index in [1.54, 1.807) is 0 Å². The van der Waals surface area contributed by atoms with Crippen molar-refractivity contribution in [3.8, 4) is 0 Å². The zero-order valence-corrected chi connectivity index (χ0v) is 8.68. The molecule has 3 nitrogen and oxygen atoms in total. The molecule has 0 aliphatic carbocycles. The first-order valence-electron chi connectivity index (χ1n) is 4.32. The normalized spacial score (nSPS) is 13.8. The lowest BCUT2D eigenvalue weighted by Gasteiger charge is -2.08. The van der Waals surface area contributed by atoms with E-state index in [9.17, 15) is 17.2 Å². The summed E-state index contributed by atoms with van der Waals surface area (Å²) in [6.07, 6.45) is -0.264. The van der Waals surface area contributed by atoms with Gasteiger partial charge in [0.1, 0.15) is 5.82 Å². The van der Waals surface area contributed by atoms with Crippen LogP contribution in [0, 0.1) is 5.82 Å². The van der Waals surface area contributed by atoms with E-state index in [-0.39, 0.29) is 17.9 Å². The zero-order chi connectivity index (χ0) is 11.5. The molecule has 0 fully saturated rings. The summed E-state index contributed by atoms with van der Waals surface area (Å²) in [7, 11) is -4.03. The minimum absolute atomic E-state index is 0.0540. The van der Waals surface area contributed by atoms with Crippen molar-refractivity contribution in [3.63, 3.8) is 0 Å². The summed E-state index contributed by atoms with van der Waals surface area (Å²) in [5, 5.41) is 0. The molecule has 0 spiro atoms. The third kappa shape index (κ3) is 2.73. The highest BCUT2D eigenvalue weighted by Crippen LogP contribution is 2.19. The second kappa shape index (κ2) is 4.67. The average Bonchev–Trinajstić information content (AvgIpc) is 2.18. The summed E-state index contributed by atoms with van der Waals surface area (Å²) in [5.74, 6) is -0.566. The van der Waals surface area contributed by atoms with Crippen LogP contribution in [0.2, 0.25) is 0 Å². The maximum absolute atomic E-state index is 13.2. The van der Waals surface area contributed by atoms with Crippen LogP contribution in [0.3, 0.4) is 0 Å². The molecule has 84 valence electrons. The van der Waals surface area contributed by atoms with Crippen LogP contribution in [0.4, 0.5) is 8.78 Å². The van der Waals surface area contributed by atoms with Crippen LogP contribution in [0.1, 0.15) is 6.42 Å². The minimum atomic E-state index is -4.03. The van der Waals surface area contributed by atoms with Gasteiger partial charge in [-0.25, -0.2) is 17.2 Å². The lowest BCUT2D eigenvalue weighted by atomic mass is 10.4. The predicted molar refractivity (Wildman–Crippen MR) is 52.2 cm³/mol. The van der Waals surface area contributed by atoms with Crippen LogP contribution in [-0.4, -0.2) is 20.5 Å². The SMILES string of the molecule is NCCC(F)S(=O)(=O)c1ccc(F)cc1. The molecule has 0 aliphatic heterocycles. The Morgan fingerprint density at radius 2 is 1.80 bits per heavy atom. The van der Waals surface area contributed by atoms with Crippen molar-refractivity contribution in [1.29, 1.82) is 0 Å². The third-order valence-corrected chi connectivity index (χ3v) is 3.71. The Bertz CT molecular complexity index is 416. The van der Waals surface area contributed by atoms with Crippen LogP contribution in [0.25, 0.3) is 0 Å². The number of halogens is 2. The lowest BCUT2D eigenvalue weighted by molar-refractivity contribution is 0.402. The van der Waals surface area contributed by atoms with Crippen LogP contribution < -0.4 is 5.73 Å². The Kier molecular flexibility index (Phi) is 3.76. The molecule has 0 saturated carbocycles. The molecule has 0 bridgehead atoms. The Hall–Kier alpha value is -1.01. The van der Waals surface area contributed by atoms with Crippen molar-refractivity contribution < 1.29 is 17.2 Å². The van der Waals surface area contributed by atoms with Gasteiger partial charge in [-0.2, -0.15) is 0 Å². The van der Waals surface area contributed by atoms with E-state index in [0.717, 1.165) is 24.3 Å². The summed E-state index contributed by atoms with van der Waals surface area (Å²) in [6.45, 7) is -0.0540. The number of sulfone groups is 1. The van der Waals surface area contributed by atoms with Gasteiger partial charge in [0, 0.05) is 6.42 Å². The maximum Gasteiger partial charge on any atom is 0.210 e. The summed E-state index contributed by atoms with van der Waals surface area (Å²) < 4.78 is 48.7. The molecule has 0 heterocycles. The number of nitrogens with two attached hydrogens (primary N) is 1. The number of alkyl halides is 1. The van der Waals surface area contributed by atoms with Crippen LogP contribution >= 0.6 is 0 Å². The fourth-order valence-electron chi connectivity index (χ4n) is 1.06. The van der Waals surface area contributed by atoms with E-state index in [1.807, 2.05) is 0 Å². The van der Waals surface area contributed by atoms with Gasteiger partial charge in [-0.05, 0) is 30.8 Å². The van der Waals surface area contributed by atoms with Gasteiger partial charge in [0.05, 0.1) is 4.90 Å². The largest absolute Gasteiger partial charge is 0.330 e. The Morgan fingerprint density at radius 1 is 1.27 bits per heavy atom. The maximum atomic E-state index is 13.2. The minimum Gasteiger partial charge on any atom is -0.330 e. The zero-order valence-electron chi connectivity index (χ0n) is 7.86. The van der Waals surface area contributed by atoms with Crippen molar-refractivity contribution >= 4 is 9.84 Å². The molecule has 0 radical (unpaired) electrons. The summed E-state index contributed by atoms with van der Waals surface area (Å²) in [4.78, 5) is -0.232. The van der Waals surface area contributed by atoms with Crippen molar-refractivity contribution in [3.05, 3.63) is 30.1 Å². The van der Waals surface area contributed by atoms with Crippen LogP contribution in [0.5, 0.6) is 0 Å². The van der Waals surface area contributed by atoms with Crippen molar-refractivity contribution in [2.45, 2.75) is 16.8 Å². The van der Waals surface area contributed by atoms with Gasteiger partial charge in [0.2, 0.25) is 15.3 Å². The van der Waals surface area contributed by atoms with Crippen LogP contribution in [-0.2, 0) is 9.84 Å². The summed E-state index contributed by atoms with van der Waals surface area (Å²) in [5.41, 5.74) is 3.03. The van der Waals surface area contributed by atoms with Crippen LogP contribution in [0.15, 0.2) is 29.2 Å². The van der Waals surface area contributed by atoms with Gasteiger partial charge >= 0.3 is 0 Å². The Balaban J connectivity index is 3.01. The second-order valence-corrected chi connectivity index (χ2v) is 5.06. The molecular formula is C9H11F2NO2S. The smallest absolute Gasteiger partial charge is 0.210 e. The number of hydrogen-bond donors (Lipinski definition) is 1. The molecule has 0 amide bonds. The van der Waals surface area contributed by atoms with Crippen molar-refractivity contribution in [2.24, 2.45) is 5.73 Å². The van der Waals surface area contributed by atoms with Gasteiger partial charge < -0.3 is 5.73 Å². The van der Waals surface area contributed by atoms with Crippen molar-refractivity contribution in [1.82, 2.24) is 0 Å². The Morgan fingerprint density at radius 3 is 2.27 bits per heavy atom. The molecule has 0 aromatic heterocycles. The fraction of sp³-hybridized carbons (Fsp3) is 0.333. The highest BCUT2D eigenvalue weighted by molar-refractivity contribution is 7.91. The van der Waals surface area contributed by atoms with E-state index in [2.05, 4.69) is 0 Å². The standard InChI is InChI=1S/C9H11F2NO2S/c10-7-1-3-8(4-2-7)15(13,14)9(11)5-6-12/h1-4,9H,5-6,12H2. The third-order valence-electron chi connectivity index (χ3n) is 1.87. The van der Waals surface area contributed by atoms with Gasteiger partial charge in [-0.15, -0.1) is 0 Å². The molecule has 15 heavy (non-hydrogen) atoms. The topological polar surface area (TPSA) is 60.2 Å². The average molecular weight is 235 g/mol. The van der Waals surface area contributed by atoms with Gasteiger partial charge in [-0.1, -0.05) is 0 Å². The molecule has 1 aromatic rings. The highest BCUT2D eigenvalue weighted by atomic mass is 32.2. The summed E-state index contributed by atoms with van der Waals surface area (Å²) in [6, 6.07) is 4.02. The van der Waals surface area contributed by atoms with Crippen molar-refractivity contribution in [2.75, 3.05) is 6.54 Å². The summed E-state index contributed by atoms with van der Waals surface area (Å²) >= 11 is 0. The second-order valence-electron chi connectivity index (χ2n) is 2.99. The molecular weight excluding hydrogens is 224 g/mol. The van der Waals surface area contributed by atoms with E-state index < -0.39 is 21.2 Å². The first-order valence-corrected chi connectivity index (χ1v) is 5.86. The lowest BCUT2D eigenvalue weighted by Crippen LogP contribution is -2.20. The molecule has 1 aromatic carbocycles. The molecule has 6 heteroatoms. The molecule has 0 aliphatic rings. The molecule has 0 saturated heterocycles. The van der Waals surface area contributed by atoms with Gasteiger partial charge in [-0.3, -0.25) is 0 Å². The van der Waals surface area contributed by atoms with E-state index in [0.29, 0.717) is 0 Å². The van der Waals surface area contributed by atoms with Gasteiger partial charge in [0.15, 0.2) is 0 Å². The van der Waals surface area contributed by atoms with E-state index >= 15 is 0 Å². The van der Waals surface area contributed by atoms with Gasteiger partial charge in [0.25, 0.3) is 0 Å². The predicted octanol–water partition coefficient (Wildman–Crippen LogP) is 1.24. The van der Waals surface area contributed by atoms with E-state index in [4.69, 9.17) is 5.73 Å². The molecule has 2 N–H and O–H groups in total. The molecule has 1 rings (SSSR count). The first kappa shape index (κ1) is 12.1. The molecule has 1 atom stereocenters. The van der Waals surface area contributed by atoms with E-state index in [1.165, 1.54) is 0 Å². The Labute approximate surface area is 86.8 Å². The highest BCUT2D eigenvalue weighted by Gasteiger charge is 2.26. The molecule has 1 unspecified atom stereocenters. The monoisotopic (exact) mass is 235 g/mol. The number of hydrogen-bond acceptors (Lipinski definition) is 3. The number of benzene rings is 1. The quantitative estimate of drug-likeness (QED) is 0.799. The number of rotatable bonds is 4. The first-order chi connectivity index (χ1) is 6.98. The fourth-order valence-corrected chi connectivity index (χ4v) is 2.32.